The molecular weight excluding hydrogens is 290 g/mol. The SMILES string of the molecule is Cc1nn(C)c(C)c1/C=C/C(=O)N1CC[C@@]2(C)C[C@H](O)CC[C@@H]12. The lowest BCUT2D eigenvalue weighted by molar-refractivity contribution is -0.129. The summed E-state index contributed by atoms with van der Waals surface area (Å²) in [6.07, 6.45) is 6.88. The van der Waals surface area contributed by atoms with Crippen LogP contribution in [-0.2, 0) is 11.8 Å². The van der Waals surface area contributed by atoms with Crippen molar-refractivity contribution in [2.75, 3.05) is 6.54 Å². The van der Waals surface area contributed by atoms with Crippen LogP contribution in [0.15, 0.2) is 6.08 Å². The van der Waals surface area contributed by atoms with E-state index in [2.05, 4.69) is 12.0 Å². The van der Waals surface area contributed by atoms with Crippen LogP contribution in [0.1, 0.15) is 49.6 Å². The van der Waals surface area contributed by atoms with Gasteiger partial charge in [-0.3, -0.25) is 9.48 Å². The highest BCUT2D eigenvalue weighted by atomic mass is 16.3. The molecule has 0 spiro atoms. The molecule has 3 atom stereocenters. The average molecular weight is 317 g/mol. The highest BCUT2D eigenvalue weighted by molar-refractivity contribution is 5.92. The zero-order valence-corrected chi connectivity index (χ0v) is 14.5. The lowest BCUT2D eigenvalue weighted by Crippen LogP contribution is -2.45. The van der Waals surface area contributed by atoms with Crippen LogP contribution in [0.5, 0.6) is 0 Å². The number of hydrogen-bond acceptors (Lipinski definition) is 3. The van der Waals surface area contributed by atoms with E-state index in [1.807, 2.05) is 36.6 Å². The molecule has 1 amide bonds. The Morgan fingerprint density at radius 2 is 2.13 bits per heavy atom. The Kier molecular flexibility index (Phi) is 4.08. The molecule has 1 N–H and O–H groups in total. The molecule has 1 saturated heterocycles. The summed E-state index contributed by atoms with van der Waals surface area (Å²) in [6.45, 7) is 6.99. The second kappa shape index (κ2) is 5.78. The van der Waals surface area contributed by atoms with Crippen LogP contribution < -0.4 is 0 Å². The molecule has 1 aromatic rings. The number of amides is 1. The van der Waals surface area contributed by atoms with Crippen LogP contribution in [0.25, 0.3) is 6.08 Å². The second-order valence-electron chi connectivity index (χ2n) is 7.43. The van der Waals surface area contributed by atoms with Gasteiger partial charge in [-0.05, 0) is 51.0 Å². The summed E-state index contributed by atoms with van der Waals surface area (Å²) in [5.41, 5.74) is 3.11. The maximum absolute atomic E-state index is 12.7. The van der Waals surface area contributed by atoms with Crippen LogP contribution in [0, 0.1) is 19.3 Å². The third-order valence-corrected chi connectivity index (χ3v) is 5.82. The number of hydrogen-bond donors (Lipinski definition) is 1. The van der Waals surface area contributed by atoms with Crippen molar-refractivity contribution in [2.45, 2.75) is 58.6 Å². The predicted molar refractivity (Wildman–Crippen MR) is 89.8 cm³/mol. The molecule has 3 rings (SSSR count). The molecule has 0 bridgehead atoms. The Morgan fingerprint density at radius 3 is 2.78 bits per heavy atom. The molecule has 2 heterocycles. The van der Waals surface area contributed by atoms with Gasteiger partial charge in [0.1, 0.15) is 0 Å². The average Bonchev–Trinajstić information content (AvgIpc) is 2.93. The number of aliphatic hydroxyl groups excluding tert-OH is 1. The molecule has 2 aliphatic rings. The van der Waals surface area contributed by atoms with E-state index in [1.54, 1.807) is 6.08 Å². The van der Waals surface area contributed by atoms with E-state index in [-0.39, 0.29) is 23.5 Å². The van der Waals surface area contributed by atoms with Gasteiger partial charge in [0.2, 0.25) is 5.91 Å². The Morgan fingerprint density at radius 1 is 1.39 bits per heavy atom. The fourth-order valence-electron chi connectivity index (χ4n) is 4.35. The van der Waals surface area contributed by atoms with Crippen molar-refractivity contribution in [3.63, 3.8) is 0 Å². The first-order valence-corrected chi connectivity index (χ1v) is 8.49. The van der Waals surface area contributed by atoms with Crippen LogP contribution in [0.4, 0.5) is 0 Å². The second-order valence-corrected chi connectivity index (χ2v) is 7.43. The van der Waals surface area contributed by atoms with E-state index in [0.717, 1.165) is 49.2 Å². The molecule has 1 aliphatic carbocycles. The van der Waals surface area contributed by atoms with Crippen molar-refractivity contribution in [1.29, 1.82) is 0 Å². The van der Waals surface area contributed by atoms with Gasteiger partial charge in [-0.15, -0.1) is 0 Å². The fourth-order valence-corrected chi connectivity index (χ4v) is 4.35. The first-order valence-electron chi connectivity index (χ1n) is 8.49. The molecule has 1 aromatic heterocycles. The number of likely N-dealkylation sites (tertiary alicyclic amines) is 1. The van der Waals surface area contributed by atoms with Gasteiger partial charge in [0, 0.05) is 37.0 Å². The van der Waals surface area contributed by atoms with E-state index < -0.39 is 0 Å². The molecule has 126 valence electrons. The maximum atomic E-state index is 12.7. The van der Waals surface area contributed by atoms with Gasteiger partial charge in [0.05, 0.1) is 11.8 Å². The van der Waals surface area contributed by atoms with Crippen molar-refractivity contribution in [1.82, 2.24) is 14.7 Å². The van der Waals surface area contributed by atoms with Crippen molar-refractivity contribution < 1.29 is 9.90 Å². The minimum Gasteiger partial charge on any atom is -0.393 e. The van der Waals surface area contributed by atoms with Crippen LogP contribution in [0.3, 0.4) is 0 Å². The number of fused-ring (bicyclic) bond motifs is 1. The van der Waals surface area contributed by atoms with E-state index in [0.29, 0.717) is 0 Å². The number of carbonyl (C=O) groups excluding carboxylic acids is 1. The zero-order valence-electron chi connectivity index (χ0n) is 14.5. The standard InChI is InChI=1S/C18H27N3O2/c1-12-15(13(2)20(4)19-12)6-8-17(23)21-10-9-18(3)11-14(22)5-7-16(18)21/h6,8,14,16,22H,5,7,9-11H2,1-4H3/b8-6+/t14-,16-,18+/m1/s1. The third kappa shape index (κ3) is 2.82. The molecule has 5 nitrogen and oxygen atoms in total. The van der Waals surface area contributed by atoms with Gasteiger partial charge in [-0.25, -0.2) is 0 Å². The van der Waals surface area contributed by atoms with Gasteiger partial charge < -0.3 is 10.0 Å². The van der Waals surface area contributed by atoms with Gasteiger partial charge in [0.15, 0.2) is 0 Å². The molecule has 1 saturated carbocycles. The van der Waals surface area contributed by atoms with Crippen LogP contribution in [0.2, 0.25) is 0 Å². The Hall–Kier alpha value is -1.62. The van der Waals surface area contributed by atoms with E-state index >= 15 is 0 Å². The fraction of sp³-hybridized carbons (Fsp3) is 0.667. The lowest BCUT2D eigenvalue weighted by Gasteiger charge is -2.41. The number of aromatic nitrogens is 2. The smallest absolute Gasteiger partial charge is 0.246 e. The maximum Gasteiger partial charge on any atom is 0.246 e. The molecule has 0 radical (unpaired) electrons. The summed E-state index contributed by atoms with van der Waals surface area (Å²) in [4.78, 5) is 14.7. The van der Waals surface area contributed by atoms with Crippen molar-refractivity contribution in [2.24, 2.45) is 12.5 Å². The monoisotopic (exact) mass is 317 g/mol. The number of aryl methyl sites for hydroxylation is 2. The molecule has 1 aliphatic heterocycles. The number of nitrogens with zero attached hydrogens (tertiary/aromatic N) is 3. The molecule has 5 heteroatoms. The quantitative estimate of drug-likeness (QED) is 0.851. The molecule has 2 fully saturated rings. The van der Waals surface area contributed by atoms with E-state index in [9.17, 15) is 9.90 Å². The summed E-state index contributed by atoms with van der Waals surface area (Å²) >= 11 is 0. The highest BCUT2D eigenvalue weighted by Crippen LogP contribution is 2.46. The Bertz CT molecular complexity index is 649. The van der Waals surface area contributed by atoms with Crippen molar-refractivity contribution in [3.8, 4) is 0 Å². The van der Waals surface area contributed by atoms with Gasteiger partial charge >= 0.3 is 0 Å². The molecule has 0 unspecified atom stereocenters. The predicted octanol–water partition coefficient (Wildman–Crippen LogP) is 2.20. The lowest BCUT2D eigenvalue weighted by atomic mass is 9.71. The third-order valence-electron chi connectivity index (χ3n) is 5.82. The minimum absolute atomic E-state index is 0.0707. The van der Waals surface area contributed by atoms with E-state index in [4.69, 9.17) is 0 Å². The first kappa shape index (κ1) is 16.2. The van der Waals surface area contributed by atoms with Crippen molar-refractivity contribution in [3.05, 3.63) is 23.0 Å². The number of aliphatic hydroxyl groups is 1. The van der Waals surface area contributed by atoms with Gasteiger partial charge in [-0.1, -0.05) is 6.92 Å². The minimum atomic E-state index is -0.206. The first-order chi connectivity index (χ1) is 10.8. The van der Waals surface area contributed by atoms with E-state index in [1.165, 1.54) is 0 Å². The van der Waals surface area contributed by atoms with Crippen molar-refractivity contribution >= 4 is 12.0 Å². The summed E-state index contributed by atoms with van der Waals surface area (Å²) < 4.78 is 1.84. The normalized spacial score (nSPS) is 30.9. The van der Waals surface area contributed by atoms with Crippen LogP contribution >= 0.6 is 0 Å². The summed E-state index contributed by atoms with van der Waals surface area (Å²) in [6, 6.07) is 0.263. The summed E-state index contributed by atoms with van der Waals surface area (Å²) in [5.74, 6) is 0.0813. The molecular formula is C18H27N3O2. The highest BCUT2D eigenvalue weighted by Gasteiger charge is 2.48. The molecule has 0 aromatic carbocycles. The zero-order chi connectivity index (χ0) is 16.8. The number of carbonyl (C=O) groups is 1. The topological polar surface area (TPSA) is 58.4 Å². The summed E-state index contributed by atoms with van der Waals surface area (Å²) in [5, 5.41) is 14.3. The number of rotatable bonds is 2. The Balaban J connectivity index is 1.75. The Labute approximate surface area is 138 Å². The van der Waals surface area contributed by atoms with Gasteiger partial charge in [0.25, 0.3) is 0 Å². The largest absolute Gasteiger partial charge is 0.393 e. The van der Waals surface area contributed by atoms with Crippen LogP contribution in [-0.4, -0.2) is 44.4 Å². The van der Waals surface area contributed by atoms with Gasteiger partial charge in [-0.2, -0.15) is 5.10 Å². The molecule has 23 heavy (non-hydrogen) atoms. The summed E-state index contributed by atoms with van der Waals surface area (Å²) in [7, 11) is 1.92.